The molecule has 19 heavy (non-hydrogen) atoms. The van der Waals surface area contributed by atoms with E-state index < -0.39 is 0 Å². The number of nitrogens with two attached hydrogens (primary N) is 2. The van der Waals surface area contributed by atoms with Crippen molar-refractivity contribution in [3.05, 3.63) is 23.7 Å². The molecule has 2 heterocycles. The first-order chi connectivity index (χ1) is 9.11. The second-order valence-electron chi connectivity index (χ2n) is 4.71. The number of nitrogens with one attached hydrogen (secondary N) is 1. The smallest absolute Gasteiger partial charge is 0.268 e. The Labute approximate surface area is 110 Å². The zero-order valence-electron chi connectivity index (χ0n) is 10.6. The average Bonchev–Trinajstić information content (AvgIpc) is 2.86. The molecule has 1 fully saturated rings. The Morgan fingerprint density at radius 1 is 1.53 bits per heavy atom. The van der Waals surface area contributed by atoms with E-state index in [4.69, 9.17) is 16.0 Å². The van der Waals surface area contributed by atoms with Crippen LogP contribution in [0.3, 0.4) is 0 Å². The molecule has 5 N–H and O–H groups in total. The van der Waals surface area contributed by atoms with Gasteiger partial charge in [0.1, 0.15) is 5.76 Å². The molecule has 1 saturated heterocycles. The highest BCUT2D eigenvalue weighted by atomic mass is 16.3. The molecule has 1 aromatic rings. The molecule has 0 aliphatic carbocycles. The summed E-state index contributed by atoms with van der Waals surface area (Å²) in [4.78, 5) is 24.8. The first kappa shape index (κ1) is 13.6. The summed E-state index contributed by atoms with van der Waals surface area (Å²) in [5, 5.41) is 0. The lowest BCUT2D eigenvalue weighted by molar-refractivity contribution is -0.123. The van der Waals surface area contributed by atoms with Crippen LogP contribution >= 0.6 is 0 Å². The topological polar surface area (TPSA) is 115 Å². The second-order valence-corrected chi connectivity index (χ2v) is 4.71. The fraction of sp³-hybridized carbons (Fsp3) is 0.500. The number of piperidine rings is 1. The van der Waals surface area contributed by atoms with Gasteiger partial charge in [-0.05, 0) is 25.5 Å². The summed E-state index contributed by atoms with van der Waals surface area (Å²) in [6, 6.07) is 1.58. The zero-order valence-corrected chi connectivity index (χ0v) is 10.6. The molecule has 0 saturated carbocycles. The molecule has 2 rings (SSSR count). The van der Waals surface area contributed by atoms with Gasteiger partial charge < -0.3 is 10.2 Å². The van der Waals surface area contributed by atoms with Crippen LogP contribution in [-0.4, -0.2) is 29.8 Å². The molecule has 7 heteroatoms. The predicted octanol–water partition coefficient (Wildman–Crippen LogP) is -0.420. The quantitative estimate of drug-likeness (QED) is 0.389. The number of hydrazine groups is 1. The van der Waals surface area contributed by atoms with Crippen molar-refractivity contribution in [2.24, 2.45) is 17.5 Å². The number of carbonyl (C=O) groups excluding carboxylic acids is 2. The Hall–Kier alpha value is -1.86. The van der Waals surface area contributed by atoms with Crippen LogP contribution in [0.5, 0.6) is 0 Å². The van der Waals surface area contributed by atoms with E-state index in [9.17, 15) is 9.59 Å². The Balaban J connectivity index is 2.03. The van der Waals surface area contributed by atoms with Gasteiger partial charge in [0.05, 0.1) is 24.3 Å². The van der Waals surface area contributed by atoms with Gasteiger partial charge >= 0.3 is 0 Å². The molecule has 0 aromatic carbocycles. The van der Waals surface area contributed by atoms with Crippen LogP contribution in [-0.2, 0) is 11.3 Å². The van der Waals surface area contributed by atoms with Gasteiger partial charge in [-0.3, -0.25) is 19.9 Å². The van der Waals surface area contributed by atoms with E-state index in [2.05, 4.69) is 10.3 Å². The maximum atomic E-state index is 11.5. The molecule has 0 radical (unpaired) electrons. The number of primary amides is 1. The largest absolute Gasteiger partial charge is 0.467 e. The van der Waals surface area contributed by atoms with Crippen LogP contribution in [0.2, 0.25) is 0 Å². The number of carbonyl (C=O) groups is 2. The van der Waals surface area contributed by atoms with Gasteiger partial charge in [-0.15, -0.1) is 0 Å². The Bertz CT molecular complexity index is 471. The van der Waals surface area contributed by atoms with E-state index in [1.165, 1.54) is 6.26 Å². The lowest BCUT2D eigenvalue weighted by Gasteiger charge is -2.30. The van der Waals surface area contributed by atoms with E-state index >= 15 is 0 Å². The van der Waals surface area contributed by atoms with Crippen molar-refractivity contribution in [2.45, 2.75) is 19.4 Å². The number of hydrogen-bond acceptors (Lipinski definition) is 5. The molecular formula is C12H18N4O3. The van der Waals surface area contributed by atoms with Gasteiger partial charge in [0.2, 0.25) is 5.91 Å². The van der Waals surface area contributed by atoms with Gasteiger partial charge in [-0.2, -0.15) is 0 Å². The van der Waals surface area contributed by atoms with Gasteiger partial charge in [0.25, 0.3) is 5.91 Å². The van der Waals surface area contributed by atoms with Gasteiger partial charge in [0.15, 0.2) is 0 Å². The van der Waals surface area contributed by atoms with Gasteiger partial charge in [-0.25, -0.2) is 5.84 Å². The maximum Gasteiger partial charge on any atom is 0.268 e. The van der Waals surface area contributed by atoms with Crippen LogP contribution < -0.4 is 17.0 Å². The second kappa shape index (κ2) is 5.85. The monoisotopic (exact) mass is 266 g/mol. The Morgan fingerprint density at radius 3 is 3.00 bits per heavy atom. The minimum atomic E-state index is -0.382. The first-order valence-corrected chi connectivity index (χ1v) is 6.20. The van der Waals surface area contributed by atoms with Crippen LogP contribution in [0, 0.1) is 5.92 Å². The SMILES string of the molecule is NNC(=O)c1ccoc1CN1CCCC(C(N)=O)C1. The standard InChI is InChI=1S/C12H18N4O3/c13-11(17)8-2-1-4-16(6-8)7-10-9(3-5-19-10)12(18)15-14/h3,5,8H,1-2,4,6-7,14H2,(H2,13,17)(H,15,18). The summed E-state index contributed by atoms with van der Waals surface area (Å²) in [6.07, 6.45) is 3.18. The molecule has 2 amide bonds. The van der Waals surface area contributed by atoms with Crippen LogP contribution in [0.4, 0.5) is 0 Å². The number of hydrogen-bond donors (Lipinski definition) is 3. The number of rotatable bonds is 4. The maximum absolute atomic E-state index is 11.5. The van der Waals surface area contributed by atoms with Gasteiger partial charge in [0, 0.05) is 6.54 Å². The summed E-state index contributed by atoms with van der Waals surface area (Å²) in [6.45, 7) is 1.92. The van der Waals surface area contributed by atoms with Crippen LogP contribution in [0.15, 0.2) is 16.7 Å². The highest BCUT2D eigenvalue weighted by Crippen LogP contribution is 2.20. The highest BCUT2D eigenvalue weighted by Gasteiger charge is 2.25. The van der Waals surface area contributed by atoms with E-state index in [-0.39, 0.29) is 17.7 Å². The molecule has 7 nitrogen and oxygen atoms in total. The molecule has 1 unspecified atom stereocenters. The minimum Gasteiger partial charge on any atom is -0.467 e. The van der Waals surface area contributed by atoms with E-state index in [1.807, 2.05) is 0 Å². The van der Waals surface area contributed by atoms with Crippen molar-refractivity contribution in [3.8, 4) is 0 Å². The third-order valence-corrected chi connectivity index (χ3v) is 3.40. The summed E-state index contributed by atoms with van der Waals surface area (Å²) < 4.78 is 5.31. The molecule has 1 aliphatic heterocycles. The van der Waals surface area contributed by atoms with Crippen molar-refractivity contribution < 1.29 is 14.0 Å². The van der Waals surface area contributed by atoms with Crippen LogP contribution in [0.25, 0.3) is 0 Å². The molecule has 0 spiro atoms. The number of likely N-dealkylation sites (tertiary alicyclic amines) is 1. The summed E-state index contributed by atoms with van der Waals surface area (Å²) in [5.74, 6) is 4.87. The van der Waals surface area contributed by atoms with Crippen molar-refractivity contribution in [1.82, 2.24) is 10.3 Å². The van der Waals surface area contributed by atoms with Crippen molar-refractivity contribution in [3.63, 3.8) is 0 Å². The molecule has 1 aliphatic rings. The normalized spacial score (nSPS) is 20.2. The summed E-state index contributed by atoms with van der Waals surface area (Å²) in [7, 11) is 0. The average molecular weight is 266 g/mol. The number of nitrogens with zero attached hydrogens (tertiary/aromatic N) is 1. The molecule has 1 atom stereocenters. The molecule has 1 aromatic heterocycles. The van der Waals surface area contributed by atoms with E-state index in [0.29, 0.717) is 24.4 Å². The fourth-order valence-corrected chi connectivity index (χ4v) is 2.38. The van der Waals surface area contributed by atoms with Crippen molar-refractivity contribution >= 4 is 11.8 Å². The Morgan fingerprint density at radius 2 is 2.32 bits per heavy atom. The number of nitrogen functional groups attached to an aromatic ring is 1. The molecule has 0 bridgehead atoms. The molecular weight excluding hydrogens is 248 g/mol. The van der Waals surface area contributed by atoms with Gasteiger partial charge in [-0.1, -0.05) is 0 Å². The minimum absolute atomic E-state index is 0.129. The highest BCUT2D eigenvalue weighted by molar-refractivity contribution is 5.94. The number of amides is 2. The lowest BCUT2D eigenvalue weighted by atomic mass is 9.97. The van der Waals surface area contributed by atoms with E-state index in [0.717, 1.165) is 19.4 Å². The van der Waals surface area contributed by atoms with Crippen LogP contribution in [0.1, 0.15) is 29.0 Å². The fourth-order valence-electron chi connectivity index (χ4n) is 2.38. The summed E-state index contributed by atoms with van der Waals surface area (Å²) in [5.41, 5.74) is 7.83. The van der Waals surface area contributed by atoms with E-state index in [1.54, 1.807) is 6.07 Å². The first-order valence-electron chi connectivity index (χ1n) is 6.20. The summed E-state index contributed by atoms with van der Waals surface area (Å²) >= 11 is 0. The third kappa shape index (κ3) is 3.12. The Kier molecular flexibility index (Phi) is 4.18. The lowest BCUT2D eigenvalue weighted by Crippen LogP contribution is -2.41. The molecule has 104 valence electrons. The van der Waals surface area contributed by atoms with Crippen molar-refractivity contribution in [2.75, 3.05) is 13.1 Å². The third-order valence-electron chi connectivity index (χ3n) is 3.40. The predicted molar refractivity (Wildman–Crippen MR) is 67.6 cm³/mol. The zero-order chi connectivity index (χ0) is 13.8. The van der Waals surface area contributed by atoms with Crippen molar-refractivity contribution in [1.29, 1.82) is 0 Å². The number of furan rings is 1.